The lowest BCUT2D eigenvalue weighted by molar-refractivity contribution is -0.128. The lowest BCUT2D eigenvalue weighted by Crippen LogP contribution is -2.50. The van der Waals surface area contributed by atoms with Gasteiger partial charge in [-0.1, -0.05) is 29.8 Å². The molecule has 0 saturated heterocycles. The van der Waals surface area contributed by atoms with Crippen molar-refractivity contribution < 1.29 is 17.9 Å². The standard InChI is InChI=1S/C21H23ClN2O4S/c1-13(15-7-6-14-4-3-5-16(14)10-15)23-21(25)20-12-24(29(2,26)27)18-11-17(22)8-9-19(18)28-20/h6-11,13,20H,3-5,12H2,1-2H3,(H,23,25)/t13-,20-/m1/s1. The van der Waals surface area contributed by atoms with Crippen molar-refractivity contribution in [3.05, 3.63) is 58.1 Å². The van der Waals surface area contributed by atoms with Gasteiger partial charge in [-0.2, -0.15) is 0 Å². The Balaban J connectivity index is 1.53. The van der Waals surface area contributed by atoms with Crippen LogP contribution in [0.3, 0.4) is 0 Å². The van der Waals surface area contributed by atoms with Gasteiger partial charge in [-0.25, -0.2) is 8.42 Å². The number of sulfonamides is 1. The maximum absolute atomic E-state index is 12.9. The van der Waals surface area contributed by atoms with E-state index in [4.69, 9.17) is 16.3 Å². The molecular weight excluding hydrogens is 412 g/mol. The molecule has 0 fully saturated rings. The molecule has 29 heavy (non-hydrogen) atoms. The predicted molar refractivity (Wildman–Crippen MR) is 113 cm³/mol. The first-order valence-corrected chi connectivity index (χ1v) is 11.8. The Labute approximate surface area is 175 Å². The number of ether oxygens (including phenoxy) is 1. The van der Waals surface area contributed by atoms with Crippen LogP contribution in [0.25, 0.3) is 0 Å². The Morgan fingerprint density at radius 1 is 1.21 bits per heavy atom. The Morgan fingerprint density at radius 2 is 1.97 bits per heavy atom. The number of carbonyl (C=O) groups is 1. The molecule has 1 aliphatic carbocycles. The van der Waals surface area contributed by atoms with Crippen LogP contribution < -0.4 is 14.4 Å². The van der Waals surface area contributed by atoms with Crippen LogP contribution in [0.1, 0.15) is 36.1 Å². The van der Waals surface area contributed by atoms with Crippen molar-refractivity contribution in [2.24, 2.45) is 0 Å². The van der Waals surface area contributed by atoms with Crippen LogP contribution in [0, 0.1) is 0 Å². The van der Waals surface area contributed by atoms with Crippen LogP contribution in [-0.4, -0.2) is 33.2 Å². The van der Waals surface area contributed by atoms with Crippen molar-refractivity contribution in [2.45, 2.75) is 38.3 Å². The Bertz CT molecular complexity index is 1070. The van der Waals surface area contributed by atoms with E-state index in [0.29, 0.717) is 16.5 Å². The third kappa shape index (κ3) is 4.07. The zero-order chi connectivity index (χ0) is 20.8. The first-order valence-electron chi connectivity index (χ1n) is 9.58. The fourth-order valence-corrected chi connectivity index (χ4v) is 5.00. The number of hydrogen-bond acceptors (Lipinski definition) is 4. The largest absolute Gasteiger partial charge is 0.476 e. The summed E-state index contributed by atoms with van der Waals surface area (Å²) in [6.45, 7) is 1.81. The molecule has 1 amide bonds. The van der Waals surface area contributed by atoms with Crippen molar-refractivity contribution >= 4 is 33.2 Å². The van der Waals surface area contributed by atoms with E-state index in [1.54, 1.807) is 12.1 Å². The number of anilines is 1. The van der Waals surface area contributed by atoms with Gasteiger partial charge in [-0.3, -0.25) is 9.10 Å². The summed E-state index contributed by atoms with van der Waals surface area (Å²) in [5.74, 6) is -0.0383. The Hall–Kier alpha value is -2.25. The molecule has 2 aromatic rings. The average Bonchev–Trinajstić information content (AvgIpc) is 3.14. The summed E-state index contributed by atoms with van der Waals surface area (Å²) in [4.78, 5) is 12.9. The van der Waals surface area contributed by atoms with Crippen LogP contribution in [-0.2, 0) is 27.7 Å². The third-order valence-corrected chi connectivity index (χ3v) is 6.85. The molecule has 0 unspecified atom stereocenters. The number of halogens is 1. The number of carbonyl (C=O) groups excluding carboxylic acids is 1. The lowest BCUT2D eigenvalue weighted by atomic mass is 10.0. The summed E-state index contributed by atoms with van der Waals surface area (Å²) in [5.41, 5.74) is 4.09. The number of hydrogen-bond donors (Lipinski definition) is 1. The number of nitrogens with one attached hydrogen (secondary N) is 1. The minimum Gasteiger partial charge on any atom is -0.476 e. The fraction of sp³-hybridized carbons (Fsp3) is 0.381. The molecule has 1 aliphatic heterocycles. The molecule has 0 aromatic heterocycles. The topological polar surface area (TPSA) is 75.7 Å². The van der Waals surface area contributed by atoms with Gasteiger partial charge in [0.15, 0.2) is 6.10 Å². The summed E-state index contributed by atoms with van der Waals surface area (Å²) in [7, 11) is -3.60. The molecule has 8 heteroatoms. The van der Waals surface area contributed by atoms with Gasteiger partial charge in [-0.15, -0.1) is 0 Å². The molecule has 2 aliphatic rings. The van der Waals surface area contributed by atoms with E-state index < -0.39 is 16.1 Å². The Morgan fingerprint density at radius 3 is 2.72 bits per heavy atom. The molecule has 2 aromatic carbocycles. The number of rotatable bonds is 4. The highest BCUT2D eigenvalue weighted by molar-refractivity contribution is 7.92. The van der Waals surface area contributed by atoms with Gasteiger partial charge in [0.2, 0.25) is 10.0 Å². The van der Waals surface area contributed by atoms with E-state index in [1.165, 1.54) is 27.9 Å². The first-order chi connectivity index (χ1) is 13.7. The second-order valence-electron chi connectivity index (χ2n) is 7.62. The van der Waals surface area contributed by atoms with Gasteiger partial charge in [0.25, 0.3) is 5.91 Å². The van der Waals surface area contributed by atoms with E-state index >= 15 is 0 Å². The van der Waals surface area contributed by atoms with E-state index in [0.717, 1.165) is 24.7 Å². The molecule has 1 heterocycles. The summed E-state index contributed by atoms with van der Waals surface area (Å²) < 4.78 is 31.5. The maximum atomic E-state index is 12.9. The summed E-state index contributed by atoms with van der Waals surface area (Å²) in [5, 5.41) is 3.36. The normalized spacial score (nSPS) is 19.1. The van der Waals surface area contributed by atoms with Crippen molar-refractivity contribution in [3.63, 3.8) is 0 Å². The van der Waals surface area contributed by atoms with Crippen LogP contribution >= 0.6 is 11.6 Å². The van der Waals surface area contributed by atoms with E-state index in [2.05, 4.69) is 17.4 Å². The minimum absolute atomic E-state index is 0.102. The van der Waals surface area contributed by atoms with Gasteiger partial charge in [0.1, 0.15) is 5.75 Å². The minimum atomic E-state index is -3.60. The molecule has 0 spiro atoms. The molecule has 6 nitrogen and oxygen atoms in total. The predicted octanol–water partition coefficient (Wildman–Crippen LogP) is 3.23. The molecule has 0 radical (unpaired) electrons. The second kappa shape index (κ2) is 7.54. The van der Waals surface area contributed by atoms with Gasteiger partial charge in [-0.05, 0) is 61.1 Å². The van der Waals surface area contributed by atoms with Crippen molar-refractivity contribution in [3.8, 4) is 5.75 Å². The highest BCUT2D eigenvalue weighted by atomic mass is 35.5. The van der Waals surface area contributed by atoms with E-state index in [1.807, 2.05) is 13.0 Å². The molecule has 1 N–H and O–H groups in total. The zero-order valence-corrected chi connectivity index (χ0v) is 17.9. The number of benzene rings is 2. The highest BCUT2D eigenvalue weighted by Crippen LogP contribution is 2.37. The zero-order valence-electron chi connectivity index (χ0n) is 16.3. The average molecular weight is 435 g/mol. The van der Waals surface area contributed by atoms with Gasteiger partial charge in [0, 0.05) is 5.02 Å². The summed E-state index contributed by atoms with van der Waals surface area (Å²) >= 11 is 6.01. The van der Waals surface area contributed by atoms with Gasteiger partial charge < -0.3 is 10.1 Å². The molecule has 0 saturated carbocycles. The van der Waals surface area contributed by atoms with Crippen LogP contribution in [0.4, 0.5) is 5.69 Å². The number of aryl methyl sites for hydroxylation is 2. The Kier molecular flexibility index (Phi) is 5.21. The highest BCUT2D eigenvalue weighted by Gasteiger charge is 2.35. The van der Waals surface area contributed by atoms with Gasteiger partial charge >= 0.3 is 0 Å². The number of fused-ring (bicyclic) bond motifs is 2. The lowest BCUT2D eigenvalue weighted by Gasteiger charge is -2.34. The number of nitrogens with zero attached hydrogens (tertiary/aromatic N) is 1. The van der Waals surface area contributed by atoms with Crippen LogP contribution in [0.15, 0.2) is 36.4 Å². The molecule has 154 valence electrons. The van der Waals surface area contributed by atoms with Crippen molar-refractivity contribution in [1.82, 2.24) is 5.32 Å². The fourth-order valence-electron chi connectivity index (χ4n) is 3.93. The monoisotopic (exact) mass is 434 g/mol. The van der Waals surface area contributed by atoms with Crippen molar-refractivity contribution in [1.29, 1.82) is 0 Å². The van der Waals surface area contributed by atoms with Crippen molar-refractivity contribution in [2.75, 3.05) is 17.1 Å². The molecule has 4 rings (SSSR count). The quantitative estimate of drug-likeness (QED) is 0.801. The molecule has 2 atom stereocenters. The van der Waals surface area contributed by atoms with Crippen LogP contribution in [0.5, 0.6) is 5.75 Å². The number of amides is 1. The van der Waals surface area contributed by atoms with Crippen LogP contribution in [0.2, 0.25) is 5.02 Å². The SMILES string of the molecule is C[C@@H](NC(=O)[C@H]1CN(S(C)(=O)=O)c2cc(Cl)ccc2O1)c1ccc2c(c1)CCC2. The van der Waals surface area contributed by atoms with Gasteiger partial charge in [0.05, 0.1) is 24.5 Å². The maximum Gasteiger partial charge on any atom is 0.263 e. The summed E-state index contributed by atoms with van der Waals surface area (Å²) in [6.07, 6.45) is 3.50. The summed E-state index contributed by atoms with van der Waals surface area (Å²) in [6, 6.07) is 10.8. The van der Waals surface area contributed by atoms with E-state index in [9.17, 15) is 13.2 Å². The van der Waals surface area contributed by atoms with E-state index in [-0.39, 0.29) is 18.5 Å². The molecule has 0 bridgehead atoms. The second-order valence-corrected chi connectivity index (χ2v) is 9.97. The third-order valence-electron chi connectivity index (χ3n) is 5.46. The smallest absolute Gasteiger partial charge is 0.263 e. The first kappa shape index (κ1) is 20.0. The molecular formula is C21H23ClN2O4S.